The van der Waals surface area contributed by atoms with Gasteiger partial charge in [0.25, 0.3) is 5.91 Å². The van der Waals surface area contributed by atoms with Gasteiger partial charge in [0.15, 0.2) is 0 Å². The minimum Gasteiger partial charge on any atom is -0.345 e. The van der Waals surface area contributed by atoms with Crippen LogP contribution in [0, 0.1) is 0 Å². The Morgan fingerprint density at radius 2 is 1.67 bits per heavy atom. The zero-order valence-corrected chi connectivity index (χ0v) is 17.0. The van der Waals surface area contributed by atoms with E-state index in [0.29, 0.717) is 18.7 Å². The molecule has 146 valence electrons. The molecular weight excluding hydrogens is 360 g/mol. The van der Waals surface area contributed by atoms with Crippen LogP contribution in [0.15, 0.2) is 59.5 Å². The maximum atomic E-state index is 12.8. The first-order chi connectivity index (χ1) is 12.9. The summed E-state index contributed by atoms with van der Waals surface area (Å²) in [5.74, 6) is -0.270. The third-order valence-electron chi connectivity index (χ3n) is 4.52. The van der Waals surface area contributed by atoms with E-state index in [2.05, 4.69) is 12.2 Å². The van der Waals surface area contributed by atoms with Crippen molar-refractivity contribution < 1.29 is 13.2 Å². The Kier molecular flexibility index (Phi) is 7.56. The fourth-order valence-corrected chi connectivity index (χ4v) is 4.55. The van der Waals surface area contributed by atoms with Crippen LogP contribution in [0.1, 0.15) is 55.6 Å². The highest BCUT2D eigenvalue weighted by molar-refractivity contribution is 7.89. The van der Waals surface area contributed by atoms with Gasteiger partial charge >= 0.3 is 0 Å². The average molecular weight is 389 g/mol. The van der Waals surface area contributed by atoms with Crippen LogP contribution in [0.5, 0.6) is 0 Å². The van der Waals surface area contributed by atoms with Crippen molar-refractivity contribution in [1.29, 1.82) is 0 Å². The fourth-order valence-electron chi connectivity index (χ4n) is 3.05. The van der Waals surface area contributed by atoms with E-state index in [9.17, 15) is 13.2 Å². The smallest absolute Gasteiger partial charge is 0.251 e. The topological polar surface area (TPSA) is 66.5 Å². The number of sulfonamides is 1. The first-order valence-corrected chi connectivity index (χ1v) is 10.8. The Morgan fingerprint density at radius 3 is 2.26 bits per heavy atom. The SMILES string of the molecule is CCCC(NC(=O)c1cccc(S(=O)(=O)N(CC)CC)c1)c1ccccc1. The van der Waals surface area contributed by atoms with Crippen molar-refractivity contribution in [3.63, 3.8) is 0 Å². The van der Waals surface area contributed by atoms with Gasteiger partial charge in [-0.15, -0.1) is 0 Å². The molecule has 0 aromatic heterocycles. The van der Waals surface area contributed by atoms with Crippen LogP contribution >= 0.6 is 0 Å². The molecule has 0 bridgehead atoms. The van der Waals surface area contributed by atoms with E-state index in [1.54, 1.807) is 26.0 Å². The van der Waals surface area contributed by atoms with E-state index >= 15 is 0 Å². The van der Waals surface area contributed by atoms with Crippen molar-refractivity contribution in [3.8, 4) is 0 Å². The summed E-state index contributed by atoms with van der Waals surface area (Å²) in [4.78, 5) is 12.9. The minimum absolute atomic E-state index is 0.105. The van der Waals surface area contributed by atoms with E-state index < -0.39 is 10.0 Å². The van der Waals surface area contributed by atoms with Crippen molar-refractivity contribution >= 4 is 15.9 Å². The van der Waals surface area contributed by atoms with Crippen molar-refractivity contribution in [1.82, 2.24) is 9.62 Å². The molecule has 0 aliphatic carbocycles. The molecule has 0 saturated carbocycles. The van der Waals surface area contributed by atoms with Crippen LogP contribution in [0.4, 0.5) is 0 Å². The van der Waals surface area contributed by atoms with Crippen LogP contribution in [-0.4, -0.2) is 31.7 Å². The van der Waals surface area contributed by atoms with E-state index in [1.807, 2.05) is 30.3 Å². The van der Waals surface area contributed by atoms with Gasteiger partial charge in [0.2, 0.25) is 10.0 Å². The summed E-state index contributed by atoms with van der Waals surface area (Å²) in [7, 11) is -3.59. The molecule has 0 heterocycles. The van der Waals surface area contributed by atoms with Gasteiger partial charge < -0.3 is 5.32 Å². The number of nitrogens with zero attached hydrogens (tertiary/aromatic N) is 1. The third-order valence-corrected chi connectivity index (χ3v) is 6.57. The zero-order valence-electron chi connectivity index (χ0n) is 16.2. The van der Waals surface area contributed by atoms with Gasteiger partial charge in [0, 0.05) is 18.7 Å². The molecule has 0 aliphatic heterocycles. The molecule has 0 spiro atoms. The maximum absolute atomic E-state index is 12.8. The summed E-state index contributed by atoms with van der Waals surface area (Å²) in [5, 5.41) is 3.04. The van der Waals surface area contributed by atoms with Crippen molar-refractivity contribution in [3.05, 3.63) is 65.7 Å². The monoisotopic (exact) mass is 388 g/mol. The Bertz CT molecular complexity index is 847. The van der Waals surface area contributed by atoms with Crippen LogP contribution in [0.2, 0.25) is 0 Å². The predicted molar refractivity (Wildman–Crippen MR) is 108 cm³/mol. The number of nitrogens with one attached hydrogen (secondary N) is 1. The van der Waals surface area contributed by atoms with Gasteiger partial charge in [-0.1, -0.05) is 63.6 Å². The van der Waals surface area contributed by atoms with Crippen molar-refractivity contribution in [2.45, 2.75) is 44.6 Å². The minimum atomic E-state index is -3.59. The molecule has 6 heteroatoms. The summed E-state index contributed by atoms with van der Waals surface area (Å²) in [6.45, 7) is 6.45. The molecule has 1 unspecified atom stereocenters. The highest BCUT2D eigenvalue weighted by Gasteiger charge is 2.23. The van der Waals surface area contributed by atoms with E-state index in [-0.39, 0.29) is 16.8 Å². The summed E-state index contributed by atoms with van der Waals surface area (Å²) in [5.41, 5.74) is 1.39. The average Bonchev–Trinajstić information content (AvgIpc) is 2.69. The molecule has 0 radical (unpaired) electrons. The molecule has 2 aromatic carbocycles. The van der Waals surface area contributed by atoms with Crippen molar-refractivity contribution in [2.75, 3.05) is 13.1 Å². The van der Waals surface area contributed by atoms with Crippen LogP contribution in [0.3, 0.4) is 0 Å². The number of rotatable bonds is 9. The number of amides is 1. The molecule has 1 atom stereocenters. The van der Waals surface area contributed by atoms with Gasteiger partial charge in [0.1, 0.15) is 0 Å². The third kappa shape index (κ3) is 5.17. The molecule has 1 N–H and O–H groups in total. The molecule has 0 aliphatic rings. The second-order valence-electron chi connectivity index (χ2n) is 6.34. The summed E-state index contributed by atoms with van der Waals surface area (Å²) in [6, 6.07) is 15.9. The number of carbonyl (C=O) groups excluding carboxylic acids is 1. The molecule has 2 aromatic rings. The van der Waals surface area contributed by atoms with Crippen molar-refractivity contribution in [2.24, 2.45) is 0 Å². The number of hydrogen-bond acceptors (Lipinski definition) is 3. The first kappa shape index (κ1) is 21.1. The predicted octanol–water partition coefficient (Wildman–Crippen LogP) is 3.99. The molecule has 1 amide bonds. The Hall–Kier alpha value is -2.18. The van der Waals surface area contributed by atoms with E-state index in [4.69, 9.17) is 0 Å². The number of hydrogen-bond donors (Lipinski definition) is 1. The summed E-state index contributed by atoms with van der Waals surface area (Å²) in [6.07, 6.45) is 1.74. The standard InChI is InChI=1S/C21H28N2O3S/c1-4-11-20(17-12-8-7-9-13-17)22-21(24)18-14-10-15-19(16-18)27(25,26)23(5-2)6-3/h7-10,12-16,20H,4-6,11H2,1-3H3,(H,22,24). The van der Waals surface area contributed by atoms with Crippen LogP contribution in [-0.2, 0) is 10.0 Å². The largest absolute Gasteiger partial charge is 0.345 e. The zero-order chi connectivity index (χ0) is 19.9. The van der Waals surface area contributed by atoms with E-state index in [0.717, 1.165) is 18.4 Å². The highest BCUT2D eigenvalue weighted by atomic mass is 32.2. The van der Waals surface area contributed by atoms with Gasteiger partial charge in [-0.2, -0.15) is 4.31 Å². The van der Waals surface area contributed by atoms with Gasteiger partial charge in [-0.25, -0.2) is 8.42 Å². The molecule has 2 rings (SSSR count). The van der Waals surface area contributed by atoms with Crippen LogP contribution in [0.25, 0.3) is 0 Å². The lowest BCUT2D eigenvalue weighted by molar-refractivity contribution is 0.0934. The fraction of sp³-hybridized carbons (Fsp3) is 0.381. The summed E-state index contributed by atoms with van der Waals surface area (Å²) >= 11 is 0. The Labute approximate surface area is 162 Å². The van der Waals surface area contributed by atoms with Crippen LogP contribution < -0.4 is 5.32 Å². The Morgan fingerprint density at radius 1 is 1.00 bits per heavy atom. The molecule has 0 fully saturated rings. The second-order valence-corrected chi connectivity index (χ2v) is 8.28. The first-order valence-electron chi connectivity index (χ1n) is 9.40. The molecule has 27 heavy (non-hydrogen) atoms. The normalized spacial score (nSPS) is 12.7. The molecular formula is C21H28N2O3S. The Balaban J connectivity index is 2.26. The van der Waals surface area contributed by atoms with Gasteiger partial charge in [-0.05, 0) is 30.2 Å². The lowest BCUT2D eigenvalue weighted by Crippen LogP contribution is -2.31. The maximum Gasteiger partial charge on any atom is 0.251 e. The quantitative estimate of drug-likeness (QED) is 0.706. The lowest BCUT2D eigenvalue weighted by atomic mass is 10.0. The lowest BCUT2D eigenvalue weighted by Gasteiger charge is -2.20. The van der Waals surface area contributed by atoms with Gasteiger partial charge in [-0.3, -0.25) is 4.79 Å². The molecule has 0 saturated heterocycles. The molecule has 5 nitrogen and oxygen atoms in total. The van der Waals surface area contributed by atoms with E-state index in [1.165, 1.54) is 16.4 Å². The van der Waals surface area contributed by atoms with Gasteiger partial charge in [0.05, 0.1) is 10.9 Å². The highest BCUT2D eigenvalue weighted by Crippen LogP contribution is 2.21. The number of benzene rings is 2. The summed E-state index contributed by atoms with van der Waals surface area (Å²) < 4.78 is 26.8. The number of carbonyl (C=O) groups is 1. The second kappa shape index (κ2) is 9.67.